The Balaban J connectivity index is 2.20. The number of carbonyl (C=O) groups is 1. The van der Waals surface area contributed by atoms with Crippen molar-refractivity contribution in [1.29, 1.82) is 0 Å². The molecule has 110 valence electrons. The van der Waals surface area contributed by atoms with Gasteiger partial charge in [0.25, 0.3) is 5.91 Å². The summed E-state index contributed by atoms with van der Waals surface area (Å²) in [5.41, 5.74) is 7.98. The third-order valence-corrected chi connectivity index (χ3v) is 3.69. The van der Waals surface area contributed by atoms with Crippen LogP contribution >= 0.6 is 23.2 Å². The maximum Gasteiger partial charge on any atom is 0.253 e. The lowest BCUT2D eigenvalue weighted by molar-refractivity contribution is 0.0939. The van der Waals surface area contributed by atoms with Crippen LogP contribution in [-0.2, 0) is 0 Å². The predicted octanol–water partition coefficient (Wildman–Crippen LogP) is 3.77. The van der Waals surface area contributed by atoms with Gasteiger partial charge in [0.05, 0.1) is 29.2 Å². The molecular formula is C15H15Cl2N3O. The number of aromatic nitrogens is 1. The highest BCUT2D eigenvalue weighted by molar-refractivity contribution is 6.35. The molecule has 2 aromatic rings. The van der Waals surface area contributed by atoms with Gasteiger partial charge in [0, 0.05) is 10.0 Å². The molecule has 0 fully saturated rings. The molecule has 21 heavy (non-hydrogen) atoms. The molecule has 2 rings (SSSR count). The van der Waals surface area contributed by atoms with Gasteiger partial charge in [0.1, 0.15) is 0 Å². The lowest BCUT2D eigenvalue weighted by Gasteiger charge is -2.16. The standard InChI is InChI=1S/C15H15Cl2N3O/c1-8-13(6-11(18)7-19-8)15(21)20-9(2)12-4-3-10(16)5-14(12)17/h3-7,9H,18H2,1-2H3,(H,20,21). The largest absolute Gasteiger partial charge is 0.397 e. The number of pyridine rings is 1. The third-order valence-electron chi connectivity index (χ3n) is 3.13. The van der Waals surface area contributed by atoms with Gasteiger partial charge in [-0.3, -0.25) is 9.78 Å². The van der Waals surface area contributed by atoms with Gasteiger partial charge in [0.2, 0.25) is 0 Å². The second-order valence-corrected chi connectivity index (χ2v) is 5.61. The molecule has 1 amide bonds. The monoisotopic (exact) mass is 323 g/mol. The van der Waals surface area contributed by atoms with Crippen LogP contribution in [0.25, 0.3) is 0 Å². The van der Waals surface area contributed by atoms with Crippen LogP contribution in [0.4, 0.5) is 5.69 Å². The quantitative estimate of drug-likeness (QED) is 0.903. The molecule has 1 atom stereocenters. The Morgan fingerprint density at radius 2 is 2.05 bits per heavy atom. The zero-order valence-corrected chi connectivity index (χ0v) is 13.2. The molecule has 1 aromatic heterocycles. The Labute approximate surface area is 133 Å². The Morgan fingerprint density at radius 1 is 1.33 bits per heavy atom. The minimum Gasteiger partial charge on any atom is -0.397 e. The molecule has 1 aromatic carbocycles. The predicted molar refractivity (Wildman–Crippen MR) is 85.7 cm³/mol. The maximum atomic E-state index is 12.3. The summed E-state index contributed by atoms with van der Waals surface area (Å²) in [6, 6.07) is 6.52. The van der Waals surface area contributed by atoms with Gasteiger partial charge in [-0.25, -0.2) is 0 Å². The van der Waals surface area contributed by atoms with Crippen LogP contribution in [0.1, 0.15) is 34.6 Å². The average Bonchev–Trinajstić information content (AvgIpc) is 2.41. The van der Waals surface area contributed by atoms with Crippen molar-refractivity contribution in [2.24, 2.45) is 0 Å². The zero-order chi connectivity index (χ0) is 15.6. The van der Waals surface area contributed by atoms with Gasteiger partial charge in [-0.1, -0.05) is 29.3 Å². The smallest absolute Gasteiger partial charge is 0.253 e. The van der Waals surface area contributed by atoms with Gasteiger partial charge < -0.3 is 11.1 Å². The SMILES string of the molecule is Cc1ncc(N)cc1C(=O)NC(C)c1ccc(Cl)cc1Cl. The second-order valence-electron chi connectivity index (χ2n) is 4.76. The summed E-state index contributed by atoms with van der Waals surface area (Å²) in [4.78, 5) is 16.4. The number of anilines is 1. The van der Waals surface area contributed by atoms with E-state index in [4.69, 9.17) is 28.9 Å². The molecule has 1 heterocycles. The van der Waals surface area contributed by atoms with Crippen molar-refractivity contribution in [3.8, 4) is 0 Å². The van der Waals surface area contributed by atoms with E-state index < -0.39 is 0 Å². The summed E-state index contributed by atoms with van der Waals surface area (Å²) >= 11 is 12.0. The summed E-state index contributed by atoms with van der Waals surface area (Å²) < 4.78 is 0. The fraction of sp³-hybridized carbons (Fsp3) is 0.200. The highest BCUT2D eigenvalue weighted by atomic mass is 35.5. The highest BCUT2D eigenvalue weighted by Crippen LogP contribution is 2.26. The average molecular weight is 324 g/mol. The number of nitrogens with zero attached hydrogens (tertiary/aromatic N) is 1. The van der Waals surface area contributed by atoms with E-state index in [-0.39, 0.29) is 11.9 Å². The zero-order valence-electron chi connectivity index (χ0n) is 11.7. The number of hydrogen-bond donors (Lipinski definition) is 2. The first kappa shape index (κ1) is 15.6. The first-order chi connectivity index (χ1) is 9.88. The van der Waals surface area contributed by atoms with Crippen molar-refractivity contribution in [3.05, 3.63) is 57.3 Å². The molecule has 0 radical (unpaired) electrons. The molecule has 1 unspecified atom stereocenters. The third kappa shape index (κ3) is 3.65. The molecule has 3 N–H and O–H groups in total. The van der Waals surface area contributed by atoms with E-state index in [1.54, 1.807) is 31.2 Å². The van der Waals surface area contributed by atoms with Gasteiger partial charge in [-0.15, -0.1) is 0 Å². The van der Waals surface area contributed by atoms with E-state index in [0.29, 0.717) is 27.0 Å². The summed E-state index contributed by atoms with van der Waals surface area (Å²) in [5.74, 6) is -0.245. The Kier molecular flexibility index (Phi) is 4.70. The maximum absolute atomic E-state index is 12.3. The van der Waals surface area contributed by atoms with Crippen LogP contribution in [0.3, 0.4) is 0 Å². The Morgan fingerprint density at radius 3 is 2.71 bits per heavy atom. The number of nitrogen functional groups attached to an aromatic ring is 1. The summed E-state index contributed by atoms with van der Waals surface area (Å²) in [7, 11) is 0. The van der Waals surface area contributed by atoms with Crippen molar-refractivity contribution in [2.45, 2.75) is 19.9 Å². The molecule has 4 nitrogen and oxygen atoms in total. The van der Waals surface area contributed by atoms with Crippen molar-refractivity contribution in [3.63, 3.8) is 0 Å². The summed E-state index contributed by atoms with van der Waals surface area (Å²) in [6.07, 6.45) is 1.52. The molecule has 0 saturated carbocycles. The van der Waals surface area contributed by atoms with Crippen molar-refractivity contribution >= 4 is 34.8 Å². The van der Waals surface area contributed by atoms with Gasteiger partial charge >= 0.3 is 0 Å². The number of carbonyl (C=O) groups excluding carboxylic acids is 1. The number of halogens is 2. The molecule has 0 aliphatic rings. The van der Waals surface area contributed by atoms with E-state index in [1.165, 1.54) is 6.20 Å². The first-order valence-corrected chi connectivity index (χ1v) is 7.12. The van der Waals surface area contributed by atoms with E-state index in [9.17, 15) is 4.79 Å². The first-order valence-electron chi connectivity index (χ1n) is 6.36. The number of rotatable bonds is 3. The molecule has 6 heteroatoms. The Hall–Kier alpha value is -1.78. The molecule has 0 bridgehead atoms. The minimum absolute atomic E-state index is 0.245. The topological polar surface area (TPSA) is 68.0 Å². The second kappa shape index (κ2) is 6.33. The normalized spacial score (nSPS) is 12.0. The van der Waals surface area contributed by atoms with E-state index in [2.05, 4.69) is 10.3 Å². The van der Waals surface area contributed by atoms with Crippen molar-refractivity contribution in [2.75, 3.05) is 5.73 Å². The van der Waals surface area contributed by atoms with Crippen LogP contribution in [0, 0.1) is 6.92 Å². The molecule has 0 aliphatic carbocycles. The molecule has 0 spiro atoms. The van der Waals surface area contributed by atoms with E-state index in [0.717, 1.165) is 5.56 Å². The van der Waals surface area contributed by atoms with Crippen LogP contribution in [-0.4, -0.2) is 10.9 Å². The number of nitrogens with one attached hydrogen (secondary N) is 1. The number of aryl methyl sites for hydroxylation is 1. The molecule has 0 saturated heterocycles. The fourth-order valence-corrected chi connectivity index (χ4v) is 2.56. The molecular weight excluding hydrogens is 309 g/mol. The van der Waals surface area contributed by atoms with Crippen molar-refractivity contribution < 1.29 is 4.79 Å². The lowest BCUT2D eigenvalue weighted by atomic mass is 10.1. The number of amides is 1. The lowest BCUT2D eigenvalue weighted by Crippen LogP contribution is -2.27. The highest BCUT2D eigenvalue weighted by Gasteiger charge is 2.16. The summed E-state index contributed by atoms with van der Waals surface area (Å²) in [5, 5.41) is 3.94. The van der Waals surface area contributed by atoms with Crippen LogP contribution in [0.5, 0.6) is 0 Å². The van der Waals surface area contributed by atoms with Crippen LogP contribution in [0.2, 0.25) is 10.0 Å². The van der Waals surface area contributed by atoms with Crippen molar-refractivity contribution in [1.82, 2.24) is 10.3 Å². The van der Waals surface area contributed by atoms with Gasteiger partial charge in [-0.2, -0.15) is 0 Å². The molecule has 0 aliphatic heterocycles. The summed E-state index contributed by atoms with van der Waals surface area (Å²) in [6.45, 7) is 3.61. The van der Waals surface area contributed by atoms with Gasteiger partial charge in [0.15, 0.2) is 0 Å². The number of hydrogen-bond acceptors (Lipinski definition) is 3. The van der Waals surface area contributed by atoms with E-state index in [1.807, 2.05) is 6.92 Å². The van der Waals surface area contributed by atoms with Crippen LogP contribution in [0.15, 0.2) is 30.5 Å². The van der Waals surface area contributed by atoms with Crippen LogP contribution < -0.4 is 11.1 Å². The minimum atomic E-state index is -0.261. The van der Waals surface area contributed by atoms with Gasteiger partial charge in [-0.05, 0) is 37.6 Å². The fourth-order valence-electron chi connectivity index (χ4n) is 1.98. The number of benzene rings is 1. The number of nitrogens with two attached hydrogens (primary N) is 1. The van der Waals surface area contributed by atoms with E-state index >= 15 is 0 Å². The Bertz CT molecular complexity index is 689.